The first-order chi connectivity index (χ1) is 11.4. The van der Waals surface area contributed by atoms with Crippen molar-refractivity contribution >= 4 is 82.5 Å². The molecule has 0 saturated heterocycles. The van der Waals surface area contributed by atoms with Crippen molar-refractivity contribution in [1.29, 1.82) is 0 Å². The first kappa shape index (κ1) is 19.7. The number of benzene rings is 2. The Morgan fingerprint density at radius 3 is 2.54 bits per heavy atom. The number of phenols is 1. The predicted molar refractivity (Wildman–Crippen MR) is 112 cm³/mol. The zero-order chi connectivity index (χ0) is 17.7. The van der Waals surface area contributed by atoms with E-state index in [0.29, 0.717) is 9.32 Å². The monoisotopic (exact) mass is 630 g/mol. The molecule has 2 N–H and O–H groups in total. The van der Waals surface area contributed by atoms with Gasteiger partial charge in [-0.15, -0.1) is 0 Å². The first-order valence-corrected chi connectivity index (χ1v) is 9.90. The van der Waals surface area contributed by atoms with Gasteiger partial charge in [0.05, 0.1) is 18.7 Å². The maximum atomic E-state index is 11.8. The molecule has 0 aliphatic rings. The number of ether oxygens (including phenoxy) is 1. The molecule has 2 rings (SSSR count). The normalized spacial score (nSPS) is 10.8. The molecule has 0 fully saturated rings. The molecule has 0 aliphatic carbocycles. The molecule has 2 aromatic carbocycles. The minimum absolute atomic E-state index is 0.177. The van der Waals surface area contributed by atoms with Gasteiger partial charge in [0.1, 0.15) is 11.5 Å². The lowest BCUT2D eigenvalue weighted by Gasteiger charge is -2.09. The van der Waals surface area contributed by atoms with Crippen LogP contribution in [0.1, 0.15) is 5.56 Å². The zero-order valence-electron chi connectivity index (χ0n) is 11.9. The molecule has 0 spiro atoms. The largest absolute Gasteiger partial charge is 0.507 e. The molecular weight excluding hydrogens is 623 g/mol. The van der Waals surface area contributed by atoms with E-state index in [9.17, 15) is 9.90 Å². The fourth-order valence-corrected chi connectivity index (χ4v) is 4.65. The second-order valence-electron chi connectivity index (χ2n) is 4.49. The highest BCUT2D eigenvalue weighted by molar-refractivity contribution is 14.1. The lowest BCUT2D eigenvalue weighted by atomic mass is 10.2. The van der Waals surface area contributed by atoms with Crippen molar-refractivity contribution in [2.45, 2.75) is 0 Å². The number of amides is 1. The number of phenolic OH excluding ortho intramolecular Hbond substituents is 1. The molecule has 1 amide bonds. The van der Waals surface area contributed by atoms with E-state index in [0.717, 1.165) is 19.0 Å². The number of halogens is 4. The minimum Gasteiger partial charge on any atom is -0.507 e. The predicted octanol–water partition coefficient (Wildman–Crippen LogP) is 4.81. The molecule has 0 atom stereocenters. The van der Waals surface area contributed by atoms with Crippen molar-refractivity contribution in [1.82, 2.24) is 5.43 Å². The number of hydrogen-bond acceptors (Lipinski definition) is 4. The van der Waals surface area contributed by atoms with Crippen LogP contribution in [0, 0.1) is 3.57 Å². The molecule has 0 aromatic heterocycles. The lowest BCUT2D eigenvalue weighted by Crippen LogP contribution is -2.24. The quantitative estimate of drug-likeness (QED) is 0.283. The molecule has 0 unspecified atom stereocenters. The van der Waals surface area contributed by atoms with Crippen molar-refractivity contribution in [3.63, 3.8) is 0 Å². The van der Waals surface area contributed by atoms with Crippen molar-refractivity contribution in [2.75, 3.05) is 6.61 Å². The second kappa shape index (κ2) is 9.16. The van der Waals surface area contributed by atoms with Gasteiger partial charge >= 0.3 is 0 Å². The molecule has 0 radical (unpaired) electrons. The second-order valence-corrected chi connectivity index (χ2v) is 8.28. The number of nitrogens with zero attached hydrogens (tertiary/aromatic N) is 1. The van der Waals surface area contributed by atoms with Gasteiger partial charge in [-0.2, -0.15) is 5.10 Å². The minimum atomic E-state index is -0.388. The van der Waals surface area contributed by atoms with E-state index in [2.05, 4.69) is 58.3 Å². The molecule has 5 nitrogen and oxygen atoms in total. The number of hydrazone groups is 1. The molecule has 0 saturated carbocycles. The highest BCUT2D eigenvalue weighted by atomic mass is 127. The van der Waals surface area contributed by atoms with Gasteiger partial charge in [-0.25, -0.2) is 5.43 Å². The Bertz CT molecular complexity index is 777. The Hall–Kier alpha value is -0.650. The Kier molecular flexibility index (Phi) is 7.51. The molecule has 0 aliphatic heterocycles. The highest BCUT2D eigenvalue weighted by Gasteiger charge is 2.10. The van der Waals surface area contributed by atoms with Crippen LogP contribution in [0.4, 0.5) is 0 Å². The first-order valence-electron chi connectivity index (χ1n) is 6.44. The Morgan fingerprint density at radius 2 is 1.92 bits per heavy atom. The third kappa shape index (κ3) is 5.71. The Balaban J connectivity index is 1.90. The van der Waals surface area contributed by atoms with E-state index >= 15 is 0 Å². The number of nitrogens with one attached hydrogen (secondary N) is 1. The number of aromatic hydroxyl groups is 1. The lowest BCUT2D eigenvalue weighted by molar-refractivity contribution is -0.123. The zero-order valence-corrected chi connectivity index (χ0v) is 18.8. The fourth-order valence-electron chi connectivity index (χ4n) is 1.62. The van der Waals surface area contributed by atoms with Gasteiger partial charge in [0.2, 0.25) is 0 Å². The molecular formula is C15H10Br3IN2O3. The van der Waals surface area contributed by atoms with Crippen molar-refractivity contribution in [3.05, 3.63) is 52.9 Å². The third-order valence-corrected chi connectivity index (χ3v) is 5.19. The Morgan fingerprint density at radius 1 is 1.25 bits per heavy atom. The molecule has 24 heavy (non-hydrogen) atoms. The van der Waals surface area contributed by atoms with Crippen LogP contribution in [-0.2, 0) is 4.79 Å². The van der Waals surface area contributed by atoms with E-state index in [1.54, 1.807) is 18.2 Å². The summed E-state index contributed by atoms with van der Waals surface area (Å²) in [4.78, 5) is 11.8. The van der Waals surface area contributed by atoms with E-state index in [-0.39, 0.29) is 18.3 Å². The molecule has 126 valence electrons. The SMILES string of the molecule is O=C(COc1c(Br)cc(Br)cc1Br)N/N=C/c1ccc(O)c(I)c1. The number of carbonyl (C=O) groups is 1. The third-order valence-electron chi connectivity index (χ3n) is 2.69. The summed E-state index contributed by atoms with van der Waals surface area (Å²) in [5.74, 6) is 0.350. The summed E-state index contributed by atoms with van der Waals surface area (Å²) in [5, 5.41) is 13.3. The number of rotatable bonds is 5. The van der Waals surface area contributed by atoms with Gasteiger partial charge in [0.25, 0.3) is 5.91 Å². The van der Waals surface area contributed by atoms with E-state index in [1.165, 1.54) is 6.21 Å². The highest BCUT2D eigenvalue weighted by Crippen LogP contribution is 2.36. The van der Waals surface area contributed by atoms with E-state index < -0.39 is 0 Å². The van der Waals surface area contributed by atoms with E-state index in [1.807, 2.05) is 34.7 Å². The van der Waals surface area contributed by atoms with Gasteiger partial charge in [0, 0.05) is 4.47 Å². The van der Waals surface area contributed by atoms with Crippen LogP contribution in [0.3, 0.4) is 0 Å². The molecule has 0 bridgehead atoms. The average molecular weight is 633 g/mol. The number of hydrogen-bond donors (Lipinski definition) is 2. The van der Waals surface area contributed by atoms with Crippen LogP contribution in [0.2, 0.25) is 0 Å². The van der Waals surface area contributed by atoms with Crippen LogP contribution in [0.15, 0.2) is 48.9 Å². The molecule has 0 heterocycles. The molecule has 2 aromatic rings. The van der Waals surface area contributed by atoms with Gasteiger partial charge in [-0.05, 0) is 90.3 Å². The van der Waals surface area contributed by atoms with Gasteiger partial charge in [-0.1, -0.05) is 15.9 Å². The van der Waals surface area contributed by atoms with Crippen LogP contribution in [0.25, 0.3) is 0 Å². The van der Waals surface area contributed by atoms with Crippen LogP contribution >= 0.6 is 70.4 Å². The summed E-state index contributed by atoms with van der Waals surface area (Å²) in [6.07, 6.45) is 1.49. The summed E-state index contributed by atoms with van der Waals surface area (Å²) >= 11 is 12.1. The Labute approximate surface area is 177 Å². The van der Waals surface area contributed by atoms with Crippen molar-refractivity contribution in [2.24, 2.45) is 5.10 Å². The van der Waals surface area contributed by atoms with Gasteiger partial charge in [-0.3, -0.25) is 4.79 Å². The van der Waals surface area contributed by atoms with Gasteiger partial charge < -0.3 is 9.84 Å². The summed E-state index contributed by atoms with van der Waals surface area (Å²) in [6.45, 7) is -0.177. The van der Waals surface area contributed by atoms with Crippen molar-refractivity contribution < 1.29 is 14.6 Å². The van der Waals surface area contributed by atoms with Crippen LogP contribution in [0.5, 0.6) is 11.5 Å². The summed E-state index contributed by atoms with van der Waals surface area (Å²) in [7, 11) is 0. The van der Waals surface area contributed by atoms with Crippen molar-refractivity contribution in [3.8, 4) is 11.5 Å². The maximum Gasteiger partial charge on any atom is 0.277 e. The summed E-state index contributed by atoms with van der Waals surface area (Å²) < 4.78 is 8.51. The average Bonchev–Trinajstić information content (AvgIpc) is 2.49. The summed E-state index contributed by atoms with van der Waals surface area (Å²) in [5.41, 5.74) is 3.15. The van der Waals surface area contributed by atoms with Crippen LogP contribution in [-0.4, -0.2) is 23.8 Å². The topological polar surface area (TPSA) is 70.9 Å². The maximum absolute atomic E-state index is 11.8. The number of carbonyl (C=O) groups excluding carboxylic acids is 1. The standard InChI is InChI=1S/C15H10Br3IN2O3/c16-9-4-10(17)15(11(18)5-9)24-7-14(23)21-20-6-8-1-2-13(22)12(19)3-8/h1-6,22H,7H2,(H,21,23)/b20-6+. The van der Waals surface area contributed by atoms with Gasteiger partial charge in [0.15, 0.2) is 6.61 Å². The molecule has 9 heteroatoms. The summed E-state index contributed by atoms with van der Waals surface area (Å²) in [6, 6.07) is 8.65. The van der Waals surface area contributed by atoms with Crippen LogP contribution < -0.4 is 10.2 Å². The van der Waals surface area contributed by atoms with E-state index in [4.69, 9.17) is 4.74 Å². The fraction of sp³-hybridized carbons (Fsp3) is 0.0667. The smallest absolute Gasteiger partial charge is 0.277 e.